The molecule has 3 rings (SSSR count). The molecule has 2 aromatic heterocycles. The van der Waals surface area contributed by atoms with Crippen molar-refractivity contribution < 1.29 is 17.9 Å². The Hall–Kier alpha value is -2.41. The van der Waals surface area contributed by atoms with Gasteiger partial charge in [-0.05, 0) is 30.2 Å². The molecule has 4 nitrogen and oxygen atoms in total. The van der Waals surface area contributed by atoms with E-state index >= 15 is 0 Å². The van der Waals surface area contributed by atoms with Crippen LogP contribution in [0.25, 0.3) is 10.9 Å². The van der Waals surface area contributed by atoms with E-state index in [1.807, 2.05) is 19.1 Å². The normalized spacial score (nSPS) is 11.9. The van der Waals surface area contributed by atoms with Crippen molar-refractivity contribution in [1.29, 1.82) is 0 Å². The first-order valence-electron chi connectivity index (χ1n) is 8.35. The van der Waals surface area contributed by atoms with Crippen LogP contribution in [0.15, 0.2) is 41.3 Å². The Morgan fingerprint density at radius 3 is 2.59 bits per heavy atom. The standard InChI is InChI=1S/C19H18ClF3N2O2/c1-3-14-8-15-17(16(10-24(15)2)27-11-19(21,22)23)18(26)25(14)9-12-5-4-6-13(20)7-12/h4-8,10H,3,9,11H2,1-2H3. The summed E-state index contributed by atoms with van der Waals surface area (Å²) in [6.45, 7) is 0.737. The maximum atomic E-state index is 13.1. The van der Waals surface area contributed by atoms with Crippen molar-refractivity contribution >= 4 is 22.5 Å². The molecular formula is C19H18ClF3N2O2. The molecule has 0 unspecified atom stereocenters. The predicted octanol–water partition coefficient (Wildman–Crippen LogP) is 4.55. The molecule has 0 radical (unpaired) electrons. The largest absolute Gasteiger partial charge is 0.482 e. The molecule has 0 N–H and O–H groups in total. The minimum absolute atomic E-state index is 0.0719. The molecule has 8 heteroatoms. The number of rotatable bonds is 5. The third-order valence-electron chi connectivity index (χ3n) is 4.29. The summed E-state index contributed by atoms with van der Waals surface area (Å²) in [7, 11) is 1.67. The highest BCUT2D eigenvalue weighted by atomic mass is 35.5. The number of aromatic nitrogens is 2. The molecule has 0 atom stereocenters. The van der Waals surface area contributed by atoms with E-state index in [4.69, 9.17) is 16.3 Å². The van der Waals surface area contributed by atoms with Crippen molar-refractivity contribution in [3.05, 3.63) is 63.2 Å². The van der Waals surface area contributed by atoms with E-state index in [1.54, 1.807) is 34.4 Å². The number of aryl methyl sites for hydroxylation is 2. The van der Waals surface area contributed by atoms with E-state index < -0.39 is 12.8 Å². The van der Waals surface area contributed by atoms with Gasteiger partial charge in [-0.3, -0.25) is 4.79 Å². The molecule has 27 heavy (non-hydrogen) atoms. The maximum Gasteiger partial charge on any atom is 0.422 e. The van der Waals surface area contributed by atoms with E-state index in [1.165, 1.54) is 6.20 Å². The molecule has 0 saturated heterocycles. The molecular weight excluding hydrogens is 381 g/mol. The average molecular weight is 399 g/mol. The fourth-order valence-electron chi connectivity index (χ4n) is 3.06. The highest BCUT2D eigenvalue weighted by molar-refractivity contribution is 6.30. The van der Waals surface area contributed by atoms with E-state index in [0.29, 0.717) is 17.0 Å². The maximum absolute atomic E-state index is 13.1. The van der Waals surface area contributed by atoms with Crippen LogP contribution in [0, 0.1) is 0 Å². The second-order valence-electron chi connectivity index (χ2n) is 6.28. The second-order valence-corrected chi connectivity index (χ2v) is 6.72. The lowest BCUT2D eigenvalue weighted by atomic mass is 10.1. The van der Waals surface area contributed by atoms with Crippen LogP contribution >= 0.6 is 11.6 Å². The minimum atomic E-state index is -4.48. The van der Waals surface area contributed by atoms with Gasteiger partial charge in [0.25, 0.3) is 5.56 Å². The summed E-state index contributed by atoms with van der Waals surface area (Å²) >= 11 is 6.01. The van der Waals surface area contributed by atoms with Gasteiger partial charge in [0.05, 0.1) is 12.1 Å². The Morgan fingerprint density at radius 1 is 1.22 bits per heavy atom. The minimum Gasteiger partial charge on any atom is -0.482 e. The Balaban J connectivity index is 2.13. The Bertz CT molecular complexity index is 1040. The molecule has 144 valence electrons. The lowest BCUT2D eigenvalue weighted by Crippen LogP contribution is -2.25. The van der Waals surface area contributed by atoms with Gasteiger partial charge in [-0.25, -0.2) is 0 Å². The van der Waals surface area contributed by atoms with Crippen molar-refractivity contribution in [2.24, 2.45) is 7.05 Å². The van der Waals surface area contributed by atoms with Crippen molar-refractivity contribution in [3.63, 3.8) is 0 Å². The molecule has 0 fully saturated rings. The molecule has 0 aliphatic carbocycles. The average Bonchev–Trinajstić information content (AvgIpc) is 2.91. The van der Waals surface area contributed by atoms with Crippen LogP contribution in [0.2, 0.25) is 5.02 Å². The van der Waals surface area contributed by atoms with Crippen LogP contribution in [-0.4, -0.2) is 21.9 Å². The molecule has 3 aromatic rings. The van der Waals surface area contributed by atoms with E-state index in [0.717, 1.165) is 11.3 Å². The van der Waals surface area contributed by atoms with Gasteiger partial charge >= 0.3 is 6.18 Å². The highest BCUT2D eigenvalue weighted by Gasteiger charge is 2.29. The lowest BCUT2D eigenvalue weighted by molar-refractivity contribution is -0.153. The van der Waals surface area contributed by atoms with Gasteiger partial charge in [0.1, 0.15) is 5.39 Å². The molecule has 0 bridgehead atoms. The number of hydrogen-bond donors (Lipinski definition) is 0. The van der Waals surface area contributed by atoms with E-state index in [-0.39, 0.29) is 23.2 Å². The summed E-state index contributed by atoms with van der Waals surface area (Å²) in [6.07, 6.45) is -2.48. The van der Waals surface area contributed by atoms with Gasteiger partial charge in [0.2, 0.25) is 0 Å². The van der Waals surface area contributed by atoms with Crippen molar-refractivity contribution in [2.45, 2.75) is 26.1 Å². The van der Waals surface area contributed by atoms with Crippen LogP contribution in [-0.2, 0) is 20.0 Å². The van der Waals surface area contributed by atoms with Crippen molar-refractivity contribution in [1.82, 2.24) is 9.13 Å². The van der Waals surface area contributed by atoms with Crippen molar-refractivity contribution in [3.8, 4) is 5.75 Å². The topological polar surface area (TPSA) is 36.2 Å². The summed E-state index contributed by atoms with van der Waals surface area (Å²) in [5.41, 5.74) is 1.75. The summed E-state index contributed by atoms with van der Waals surface area (Å²) in [4.78, 5) is 13.1. The summed E-state index contributed by atoms with van der Waals surface area (Å²) in [5.74, 6) is -0.0719. The zero-order valence-electron chi connectivity index (χ0n) is 14.8. The molecule has 0 aliphatic heterocycles. The van der Waals surface area contributed by atoms with Gasteiger partial charge < -0.3 is 13.9 Å². The quantitative estimate of drug-likeness (QED) is 0.632. The third kappa shape index (κ3) is 4.13. The third-order valence-corrected chi connectivity index (χ3v) is 4.52. The number of nitrogens with zero attached hydrogens (tertiary/aromatic N) is 2. The Kier molecular flexibility index (Phi) is 5.24. The number of pyridine rings is 1. The van der Waals surface area contributed by atoms with Crippen LogP contribution in [0.4, 0.5) is 13.2 Å². The van der Waals surface area contributed by atoms with Crippen LogP contribution in [0.1, 0.15) is 18.2 Å². The van der Waals surface area contributed by atoms with Gasteiger partial charge in [0, 0.05) is 24.0 Å². The molecule has 0 amide bonds. The first kappa shape index (κ1) is 19.4. The van der Waals surface area contributed by atoms with Crippen LogP contribution < -0.4 is 10.3 Å². The monoisotopic (exact) mass is 398 g/mol. The van der Waals surface area contributed by atoms with E-state index in [9.17, 15) is 18.0 Å². The Labute approximate surface area is 158 Å². The SMILES string of the molecule is CCc1cc2c(c(OCC(F)(F)F)cn2C)c(=O)n1Cc1cccc(Cl)c1. The van der Waals surface area contributed by atoms with E-state index in [2.05, 4.69) is 0 Å². The molecule has 0 spiro atoms. The second kappa shape index (κ2) is 7.31. The van der Waals surface area contributed by atoms with Gasteiger partial charge in [0.15, 0.2) is 12.4 Å². The fourth-order valence-corrected chi connectivity index (χ4v) is 3.27. The molecule has 2 heterocycles. The molecule has 1 aromatic carbocycles. The zero-order valence-corrected chi connectivity index (χ0v) is 15.6. The number of fused-ring (bicyclic) bond motifs is 1. The molecule has 0 aliphatic rings. The smallest absolute Gasteiger partial charge is 0.422 e. The number of benzene rings is 1. The van der Waals surface area contributed by atoms with Gasteiger partial charge in [-0.15, -0.1) is 0 Å². The first-order valence-corrected chi connectivity index (χ1v) is 8.73. The number of alkyl halides is 3. The van der Waals surface area contributed by atoms with Crippen LogP contribution in [0.3, 0.4) is 0 Å². The highest BCUT2D eigenvalue weighted by Crippen LogP contribution is 2.28. The summed E-state index contributed by atoms with van der Waals surface area (Å²) in [6, 6.07) is 8.92. The fraction of sp³-hybridized carbons (Fsp3) is 0.316. The summed E-state index contributed by atoms with van der Waals surface area (Å²) in [5, 5.41) is 0.689. The Morgan fingerprint density at radius 2 is 1.96 bits per heavy atom. The zero-order chi connectivity index (χ0) is 19.8. The number of hydrogen-bond acceptors (Lipinski definition) is 2. The predicted molar refractivity (Wildman–Crippen MR) is 98.7 cm³/mol. The number of halogens is 4. The first-order chi connectivity index (χ1) is 12.7. The van der Waals surface area contributed by atoms with Crippen molar-refractivity contribution in [2.75, 3.05) is 6.61 Å². The number of ether oxygens (including phenoxy) is 1. The van der Waals surface area contributed by atoms with Gasteiger partial charge in [-0.1, -0.05) is 30.7 Å². The van der Waals surface area contributed by atoms with Gasteiger partial charge in [-0.2, -0.15) is 13.2 Å². The molecule has 0 saturated carbocycles. The summed E-state index contributed by atoms with van der Waals surface area (Å²) < 4.78 is 45.7. The van der Waals surface area contributed by atoms with Crippen LogP contribution in [0.5, 0.6) is 5.75 Å². The lowest BCUT2D eigenvalue weighted by Gasteiger charge is -2.14.